The zero-order valence-electron chi connectivity index (χ0n) is 23.5. The van der Waals surface area contributed by atoms with Crippen LogP contribution in [0.5, 0.6) is 5.75 Å². The fourth-order valence-electron chi connectivity index (χ4n) is 5.10. The van der Waals surface area contributed by atoms with Gasteiger partial charge in [-0.25, -0.2) is 4.98 Å². The molecule has 0 saturated carbocycles. The van der Waals surface area contributed by atoms with Crippen molar-refractivity contribution in [3.63, 3.8) is 0 Å². The maximum Gasteiger partial charge on any atom is 0.313 e. The van der Waals surface area contributed by atoms with E-state index in [1.54, 1.807) is 38.0 Å². The van der Waals surface area contributed by atoms with Crippen molar-refractivity contribution >= 4 is 29.6 Å². The topological polar surface area (TPSA) is 104 Å². The molecule has 2 aliphatic rings. The summed E-state index contributed by atoms with van der Waals surface area (Å²) in [4.78, 5) is 31.9. The number of benzene rings is 2. The van der Waals surface area contributed by atoms with Gasteiger partial charge in [0, 0.05) is 23.3 Å². The van der Waals surface area contributed by atoms with E-state index in [0.29, 0.717) is 35.2 Å². The number of ether oxygens (including phenoxy) is 1. The van der Waals surface area contributed by atoms with Gasteiger partial charge in [-0.05, 0) is 73.6 Å². The molecule has 3 heterocycles. The number of aromatic nitrogens is 1. The fraction of sp³-hybridized carbons (Fsp3) is 0.344. The van der Waals surface area contributed by atoms with Crippen molar-refractivity contribution in [2.24, 2.45) is 22.0 Å². The molecule has 1 aromatic heterocycles. The van der Waals surface area contributed by atoms with Gasteiger partial charge in [0.05, 0.1) is 30.5 Å². The Kier molecular flexibility index (Phi) is 7.27. The van der Waals surface area contributed by atoms with Gasteiger partial charge in [0.15, 0.2) is 0 Å². The number of rotatable bonds is 9. The Hall–Kier alpha value is -4.33. The van der Waals surface area contributed by atoms with E-state index in [-0.39, 0.29) is 11.8 Å². The zero-order chi connectivity index (χ0) is 28.6. The van der Waals surface area contributed by atoms with Crippen LogP contribution in [-0.2, 0) is 16.8 Å². The van der Waals surface area contributed by atoms with Gasteiger partial charge >= 0.3 is 5.97 Å². The first-order valence-corrected chi connectivity index (χ1v) is 13.6. The summed E-state index contributed by atoms with van der Waals surface area (Å²) in [6, 6.07) is 16.9. The minimum absolute atomic E-state index is 0.120. The molecule has 1 unspecified atom stereocenters. The largest absolute Gasteiger partial charge is 0.496 e. The number of hydrogen-bond donors (Lipinski definition) is 1. The summed E-state index contributed by atoms with van der Waals surface area (Å²) >= 11 is 0. The van der Waals surface area contributed by atoms with Crippen molar-refractivity contribution in [1.82, 2.24) is 4.98 Å². The van der Waals surface area contributed by atoms with Gasteiger partial charge < -0.3 is 9.84 Å². The number of anilines is 1. The number of amides is 1. The number of pyridine rings is 1. The van der Waals surface area contributed by atoms with Gasteiger partial charge in [-0.1, -0.05) is 44.2 Å². The molecule has 0 radical (unpaired) electrons. The summed E-state index contributed by atoms with van der Waals surface area (Å²) in [5.74, 6) is 0.813. The average molecular weight is 539 g/mol. The van der Waals surface area contributed by atoms with Crippen LogP contribution in [0.3, 0.4) is 0 Å². The van der Waals surface area contributed by atoms with Gasteiger partial charge in [0.1, 0.15) is 11.6 Å². The lowest BCUT2D eigenvalue weighted by molar-refractivity contribution is -0.142. The van der Waals surface area contributed by atoms with Gasteiger partial charge in [0.2, 0.25) is 0 Å². The highest BCUT2D eigenvalue weighted by atomic mass is 16.5. The standard InChI is InChI=1S/C32H34N4O4/c1-19(2)9-10-21-17-33-35-29(21)26-7-6-8-28(34-26)36-18-22-12-11-20(15-25(22)30(36)37)24-14-13-23(16-27(24)40-5)32(3,4)31(38)39/h6-8,11-17,19,21H,9-10,18H2,1-5H3,(H,38,39). The molecule has 2 aliphatic heterocycles. The number of hydrogen-bond acceptors (Lipinski definition) is 6. The quantitative estimate of drug-likeness (QED) is 0.353. The number of aliphatic carboxylic acids is 1. The van der Waals surface area contributed by atoms with Crippen LogP contribution < -0.4 is 9.64 Å². The molecule has 8 heteroatoms. The van der Waals surface area contributed by atoms with E-state index in [2.05, 4.69) is 24.1 Å². The smallest absolute Gasteiger partial charge is 0.313 e. The maximum atomic E-state index is 13.6. The van der Waals surface area contributed by atoms with Crippen molar-refractivity contribution in [3.8, 4) is 16.9 Å². The summed E-state index contributed by atoms with van der Waals surface area (Å²) in [5, 5.41) is 18.2. The van der Waals surface area contributed by atoms with E-state index < -0.39 is 11.4 Å². The highest BCUT2D eigenvalue weighted by molar-refractivity contribution is 6.12. The van der Waals surface area contributed by atoms with Crippen LogP contribution in [0.2, 0.25) is 0 Å². The van der Waals surface area contributed by atoms with Crippen LogP contribution in [0.1, 0.15) is 67.7 Å². The molecule has 0 saturated heterocycles. The second-order valence-electron chi connectivity index (χ2n) is 11.3. The molecule has 0 bridgehead atoms. The third-order valence-corrected chi connectivity index (χ3v) is 7.77. The first kappa shape index (κ1) is 27.2. The SMILES string of the molecule is COc1cc(C(C)(C)C(=O)O)ccc1-c1ccc2c(c1)C(=O)N(c1cccc(C3=NN=CC3CCC(C)C)n1)C2. The Morgan fingerprint density at radius 2 is 1.93 bits per heavy atom. The van der Waals surface area contributed by atoms with Crippen LogP contribution in [-0.4, -0.2) is 41.0 Å². The van der Waals surface area contributed by atoms with Gasteiger partial charge in [0.25, 0.3) is 5.91 Å². The van der Waals surface area contributed by atoms with Crippen LogP contribution in [0.15, 0.2) is 64.8 Å². The lowest BCUT2D eigenvalue weighted by Gasteiger charge is -2.21. The highest BCUT2D eigenvalue weighted by Crippen LogP contribution is 2.37. The third-order valence-electron chi connectivity index (χ3n) is 7.77. The normalized spacial score (nSPS) is 16.4. The third kappa shape index (κ3) is 5.01. The minimum Gasteiger partial charge on any atom is -0.496 e. The van der Waals surface area contributed by atoms with Crippen LogP contribution in [0.4, 0.5) is 5.82 Å². The summed E-state index contributed by atoms with van der Waals surface area (Å²) in [6.45, 7) is 8.15. The number of carboxylic acid groups (broad SMARTS) is 1. The molecule has 2 aromatic carbocycles. The number of nitrogens with zero attached hydrogens (tertiary/aromatic N) is 4. The number of methoxy groups -OCH3 is 1. The van der Waals surface area contributed by atoms with Gasteiger partial charge in [-0.3, -0.25) is 14.5 Å². The Morgan fingerprint density at radius 3 is 2.65 bits per heavy atom. The second kappa shape index (κ2) is 10.7. The average Bonchev–Trinajstić information content (AvgIpc) is 3.55. The molecule has 0 fully saturated rings. The summed E-state index contributed by atoms with van der Waals surface area (Å²) < 4.78 is 5.63. The highest BCUT2D eigenvalue weighted by Gasteiger charge is 2.32. The van der Waals surface area contributed by atoms with E-state index in [0.717, 1.165) is 40.9 Å². The van der Waals surface area contributed by atoms with Gasteiger partial charge in [-0.2, -0.15) is 10.2 Å². The first-order valence-electron chi connectivity index (χ1n) is 13.6. The lowest BCUT2D eigenvalue weighted by Crippen LogP contribution is -2.28. The van der Waals surface area contributed by atoms with Crippen LogP contribution in [0, 0.1) is 11.8 Å². The van der Waals surface area contributed by atoms with Crippen LogP contribution in [0.25, 0.3) is 11.1 Å². The summed E-state index contributed by atoms with van der Waals surface area (Å²) in [7, 11) is 1.56. The van der Waals surface area contributed by atoms with Crippen molar-refractivity contribution in [2.45, 2.75) is 52.5 Å². The second-order valence-corrected chi connectivity index (χ2v) is 11.3. The molecule has 1 atom stereocenters. The van der Waals surface area contributed by atoms with Crippen molar-refractivity contribution in [3.05, 3.63) is 77.0 Å². The molecule has 1 amide bonds. The molecule has 5 rings (SSSR count). The fourth-order valence-corrected chi connectivity index (χ4v) is 5.10. The Labute approximate surface area is 234 Å². The maximum absolute atomic E-state index is 13.6. The predicted molar refractivity (Wildman–Crippen MR) is 156 cm³/mol. The molecule has 3 aromatic rings. The molecule has 1 N–H and O–H groups in total. The number of fused-ring (bicyclic) bond motifs is 1. The molecular formula is C32H34N4O4. The Balaban J connectivity index is 1.41. The lowest BCUT2D eigenvalue weighted by atomic mass is 9.83. The first-order chi connectivity index (χ1) is 19.1. The molecule has 0 spiro atoms. The van der Waals surface area contributed by atoms with E-state index in [4.69, 9.17) is 9.72 Å². The van der Waals surface area contributed by atoms with Gasteiger partial charge in [-0.15, -0.1) is 0 Å². The number of carboxylic acids is 1. The summed E-state index contributed by atoms with van der Waals surface area (Å²) in [5.41, 5.74) is 4.28. The molecule has 206 valence electrons. The van der Waals surface area contributed by atoms with E-state index in [9.17, 15) is 14.7 Å². The van der Waals surface area contributed by atoms with Crippen molar-refractivity contribution in [1.29, 1.82) is 0 Å². The molecule has 8 nitrogen and oxygen atoms in total. The van der Waals surface area contributed by atoms with E-state index >= 15 is 0 Å². The Bertz CT molecular complexity index is 1540. The number of carbonyl (C=O) groups is 2. The zero-order valence-corrected chi connectivity index (χ0v) is 23.5. The van der Waals surface area contributed by atoms with E-state index in [1.807, 2.05) is 48.7 Å². The molecule has 0 aliphatic carbocycles. The van der Waals surface area contributed by atoms with Crippen LogP contribution >= 0.6 is 0 Å². The summed E-state index contributed by atoms with van der Waals surface area (Å²) in [6.07, 6.45) is 3.91. The predicted octanol–water partition coefficient (Wildman–Crippen LogP) is 6.12. The number of carbonyl (C=O) groups excluding carboxylic acids is 1. The van der Waals surface area contributed by atoms with E-state index in [1.165, 1.54) is 0 Å². The molecular weight excluding hydrogens is 504 g/mol. The van der Waals surface area contributed by atoms with Crippen molar-refractivity contribution < 1.29 is 19.4 Å². The molecule has 40 heavy (non-hydrogen) atoms. The van der Waals surface area contributed by atoms with Crippen molar-refractivity contribution in [2.75, 3.05) is 12.0 Å². The Morgan fingerprint density at radius 1 is 1.12 bits per heavy atom. The minimum atomic E-state index is -1.06. The monoisotopic (exact) mass is 538 g/mol.